The van der Waals surface area contributed by atoms with Crippen molar-refractivity contribution in [3.8, 4) is 0 Å². The molecule has 0 aromatic heterocycles. The lowest BCUT2D eigenvalue weighted by Gasteiger charge is -2.30. The first-order valence-corrected chi connectivity index (χ1v) is 5.76. The van der Waals surface area contributed by atoms with Crippen LogP contribution in [0.2, 0.25) is 0 Å². The number of ether oxygens (including phenoxy) is 1. The number of hydrogen-bond donors (Lipinski definition) is 2. The predicted molar refractivity (Wildman–Crippen MR) is 57.5 cm³/mol. The summed E-state index contributed by atoms with van der Waals surface area (Å²) in [4.78, 5) is 11.4. The van der Waals surface area contributed by atoms with E-state index in [-0.39, 0.29) is 24.2 Å². The van der Waals surface area contributed by atoms with Gasteiger partial charge in [-0.1, -0.05) is 12.8 Å². The maximum absolute atomic E-state index is 11.4. The molecule has 0 radical (unpaired) electrons. The van der Waals surface area contributed by atoms with Crippen LogP contribution in [0.25, 0.3) is 0 Å². The van der Waals surface area contributed by atoms with E-state index < -0.39 is 0 Å². The van der Waals surface area contributed by atoms with Crippen LogP contribution in [0.5, 0.6) is 0 Å². The number of rotatable bonds is 4. The summed E-state index contributed by atoms with van der Waals surface area (Å²) in [7, 11) is 0. The number of hydrogen-bond acceptors (Lipinski definition) is 4. The summed E-state index contributed by atoms with van der Waals surface area (Å²) < 4.78 is 4.90. The standard InChI is InChI=1S/C11H21NO3/c1-3-15-11(14)8(2)12-9-6-4-5-7-10(9)13/h8-10,12-13H,3-7H2,1-2H3/t8?,9-,10-/m1/s1. The van der Waals surface area contributed by atoms with Gasteiger partial charge < -0.3 is 9.84 Å². The van der Waals surface area contributed by atoms with Gasteiger partial charge in [0.1, 0.15) is 6.04 Å². The minimum atomic E-state index is -0.331. The fraction of sp³-hybridized carbons (Fsp3) is 0.909. The van der Waals surface area contributed by atoms with Gasteiger partial charge in [-0.05, 0) is 26.7 Å². The second-order valence-electron chi connectivity index (χ2n) is 4.10. The van der Waals surface area contributed by atoms with Gasteiger partial charge >= 0.3 is 5.97 Å². The van der Waals surface area contributed by atoms with Crippen molar-refractivity contribution in [3.63, 3.8) is 0 Å². The molecule has 0 aromatic rings. The lowest BCUT2D eigenvalue weighted by molar-refractivity contribution is -0.145. The van der Waals surface area contributed by atoms with Crippen LogP contribution in [0.4, 0.5) is 0 Å². The smallest absolute Gasteiger partial charge is 0.322 e. The van der Waals surface area contributed by atoms with Gasteiger partial charge in [0.2, 0.25) is 0 Å². The summed E-state index contributed by atoms with van der Waals surface area (Å²) in [5.41, 5.74) is 0. The van der Waals surface area contributed by atoms with Gasteiger partial charge in [-0.25, -0.2) is 0 Å². The maximum atomic E-state index is 11.4. The van der Waals surface area contributed by atoms with Gasteiger partial charge in [0.05, 0.1) is 12.7 Å². The minimum Gasteiger partial charge on any atom is -0.465 e. The Morgan fingerprint density at radius 1 is 1.53 bits per heavy atom. The molecule has 0 bridgehead atoms. The van der Waals surface area contributed by atoms with Gasteiger partial charge in [-0.15, -0.1) is 0 Å². The first kappa shape index (κ1) is 12.5. The topological polar surface area (TPSA) is 58.6 Å². The van der Waals surface area contributed by atoms with Crippen molar-refractivity contribution in [2.24, 2.45) is 0 Å². The normalized spacial score (nSPS) is 28.5. The van der Waals surface area contributed by atoms with Gasteiger partial charge in [0.15, 0.2) is 0 Å². The first-order valence-electron chi connectivity index (χ1n) is 5.76. The lowest BCUT2D eigenvalue weighted by Crippen LogP contribution is -2.49. The summed E-state index contributed by atoms with van der Waals surface area (Å²) >= 11 is 0. The van der Waals surface area contributed by atoms with Crippen LogP contribution in [-0.2, 0) is 9.53 Å². The molecule has 3 atom stereocenters. The molecule has 4 heteroatoms. The fourth-order valence-corrected chi connectivity index (χ4v) is 1.96. The first-order chi connectivity index (χ1) is 7.15. The van der Waals surface area contributed by atoms with Crippen molar-refractivity contribution >= 4 is 5.97 Å². The summed E-state index contributed by atoms with van der Waals surface area (Å²) in [6, 6.07) is -0.291. The molecule has 0 amide bonds. The number of carbonyl (C=O) groups excluding carboxylic acids is 1. The molecule has 0 heterocycles. The zero-order valence-electron chi connectivity index (χ0n) is 9.53. The molecule has 0 spiro atoms. The van der Waals surface area contributed by atoms with E-state index >= 15 is 0 Å². The molecule has 1 saturated carbocycles. The molecule has 1 aliphatic carbocycles. The van der Waals surface area contributed by atoms with Crippen LogP contribution in [0.15, 0.2) is 0 Å². The van der Waals surface area contributed by atoms with Crippen LogP contribution in [0, 0.1) is 0 Å². The van der Waals surface area contributed by atoms with E-state index in [0.717, 1.165) is 25.7 Å². The van der Waals surface area contributed by atoms with E-state index in [2.05, 4.69) is 5.32 Å². The Kier molecular flexibility index (Phi) is 5.05. The molecule has 1 rings (SSSR count). The molecular weight excluding hydrogens is 194 g/mol. The quantitative estimate of drug-likeness (QED) is 0.682. The highest BCUT2D eigenvalue weighted by Crippen LogP contribution is 2.18. The Hall–Kier alpha value is -0.610. The van der Waals surface area contributed by atoms with Crippen molar-refractivity contribution in [2.45, 2.75) is 57.7 Å². The predicted octanol–water partition coefficient (Wildman–Crippen LogP) is 0.831. The van der Waals surface area contributed by atoms with E-state index in [0.29, 0.717) is 6.61 Å². The SMILES string of the molecule is CCOC(=O)C(C)N[C@@H]1CCCC[C@H]1O. The number of carbonyl (C=O) groups is 1. The van der Waals surface area contributed by atoms with Crippen molar-refractivity contribution < 1.29 is 14.6 Å². The van der Waals surface area contributed by atoms with Crippen molar-refractivity contribution in [2.75, 3.05) is 6.61 Å². The van der Waals surface area contributed by atoms with Crippen molar-refractivity contribution in [3.05, 3.63) is 0 Å². The zero-order valence-corrected chi connectivity index (χ0v) is 9.53. The molecular formula is C11H21NO3. The van der Waals surface area contributed by atoms with Gasteiger partial charge in [0.25, 0.3) is 0 Å². The van der Waals surface area contributed by atoms with E-state index in [1.165, 1.54) is 0 Å². The molecule has 1 unspecified atom stereocenters. The average molecular weight is 215 g/mol. The minimum absolute atomic E-state index is 0.0400. The molecule has 0 saturated heterocycles. The highest BCUT2D eigenvalue weighted by Gasteiger charge is 2.26. The van der Waals surface area contributed by atoms with Crippen LogP contribution < -0.4 is 5.32 Å². The Balaban J connectivity index is 2.35. The zero-order chi connectivity index (χ0) is 11.3. The lowest BCUT2D eigenvalue weighted by atomic mass is 9.92. The van der Waals surface area contributed by atoms with E-state index in [9.17, 15) is 9.90 Å². The fourth-order valence-electron chi connectivity index (χ4n) is 1.96. The highest BCUT2D eigenvalue weighted by molar-refractivity contribution is 5.75. The second-order valence-corrected chi connectivity index (χ2v) is 4.10. The molecule has 2 N–H and O–H groups in total. The number of nitrogens with one attached hydrogen (secondary N) is 1. The van der Waals surface area contributed by atoms with Crippen LogP contribution >= 0.6 is 0 Å². The summed E-state index contributed by atoms with van der Waals surface area (Å²) in [6.45, 7) is 3.97. The molecule has 4 nitrogen and oxygen atoms in total. The summed E-state index contributed by atoms with van der Waals surface area (Å²) in [5.74, 6) is -0.240. The monoisotopic (exact) mass is 215 g/mol. The molecule has 15 heavy (non-hydrogen) atoms. The summed E-state index contributed by atoms with van der Waals surface area (Å²) in [5, 5.41) is 12.8. The highest BCUT2D eigenvalue weighted by atomic mass is 16.5. The third kappa shape index (κ3) is 3.80. The van der Waals surface area contributed by atoms with Gasteiger partial charge in [-0.2, -0.15) is 0 Å². The largest absolute Gasteiger partial charge is 0.465 e. The van der Waals surface area contributed by atoms with E-state index in [1.807, 2.05) is 0 Å². The van der Waals surface area contributed by atoms with Crippen molar-refractivity contribution in [1.29, 1.82) is 0 Å². The third-order valence-electron chi connectivity index (χ3n) is 2.83. The number of aliphatic hydroxyl groups is 1. The van der Waals surface area contributed by atoms with E-state index in [1.54, 1.807) is 13.8 Å². The summed E-state index contributed by atoms with van der Waals surface area (Å²) in [6.07, 6.45) is 3.63. The van der Waals surface area contributed by atoms with Crippen molar-refractivity contribution in [1.82, 2.24) is 5.32 Å². The molecule has 1 aliphatic rings. The van der Waals surface area contributed by atoms with Gasteiger partial charge in [-0.3, -0.25) is 10.1 Å². The number of esters is 1. The molecule has 0 aromatic carbocycles. The average Bonchev–Trinajstić information content (AvgIpc) is 2.21. The number of aliphatic hydroxyl groups excluding tert-OH is 1. The second kappa shape index (κ2) is 6.08. The molecule has 88 valence electrons. The van der Waals surface area contributed by atoms with Gasteiger partial charge in [0, 0.05) is 6.04 Å². The van der Waals surface area contributed by atoms with E-state index in [4.69, 9.17) is 4.74 Å². The van der Waals surface area contributed by atoms with Crippen LogP contribution in [0.1, 0.15) is 39.5 Å². The Bertz CT molecular complexity index is 208. The Morgan fingerprint density at radius 3 is 2.80 bits per heavy atom. The Morgan fingerprint density at radius 2 is 2.20 bits per heavy atom. The maximum Gasteiger partial charge on any atom is 0.322 e. The molecule has 0 aliphatic heterocycles. The van der Waals surface area contributed by atoms with Crippen LogP contribution in [-0.4, -0.2) is 35.9 Å². The molecule has 1 fully saturated rings. The Labute approximate surface area is 91.0 Å². The third-order valence-corrected chi connectivity index (χ3v) is 2.83. The van der Waals surface area contributed by atoms with Crippen LogP contribution in [0.3, 0.4) is 0 Å².